The molecule has 3 aromatic rings. The zero-order chi connectivity index (χ0) is 26.0. The van der Waals surface area contributed by atoms with Crippen LogP contribution in [-0.4, -0.2) is 53.6 Å². The van der Waals surface area contributed by atoms with Gasteiger partial charge in [-0.3, -0.25) is 4.79 Å². The van der Waals surface area contributed by atoms with Gasteiger partial charge >= 0.3 is 0 Å². The second-order valence-corrected chi connectivity index (χ2v) is 14.0. The number of hydrogen-bond donors (Lipinski definition) is 0. The van der Waals surface area contributed by atoms with Gasteiger partial charge in [0, 0.05) is 36.5 Å². The van der Waals surface area contributed by atoms with Gasteiger partial charge in [-0.05, 0) is 99.7 Å². The molecule has 1 aliphatic heterocycles. The lowest BCUT2D eigenvalue weighted by molar-refractivity contribution is -0.133. The highest BCUT2D eigenvalue weighted by Crippen LogP contribution is 2.60. The van der Waals surface area contributed by atoms with Crippen LogP contribution in [-0.2, 0) is 23.1 Å². The Labute approximate surface area is 234 Å². The molecule has 1 amide bonds. The van der Waals surface area contributed by atoms with Crippen LogP contribution in [0.1, 0.15) is 67.6 Å². The maximum Gasteiger partial charge on any atom is 0.260 e. The molecule has 5 aliphatic carbocycles. The molecule has 39 heavy (non-hydrogen) atoms. The molecule has 0 unspecified atom stereocenters. The van der Waals surface area contributed by atoms with E-state index in [4.69, 9.17) is 14.7 Å². The van der Waals surface area contributed by atoms with Crippen LogP contribution >= 0.6 is 11.3 Å². The predicted molar refractivity (Wildman–Crippen MR) is 155 cm³/mol. The van der Waals surface area contributed by atoms with Gasteiger partial charge in [0.1, 0.15) is 22.2 Å². The minimum atomic E-state index is 0.0634. The normalized spacial score (nSPS) is 29.6. The van der Waals surface area contributed by atoms with Gasteiger partial charge in [0.15, 0.2) is 6.61 Å². The highest BCUT2D eigenvalue weighted by atomic mass is 32.1. The SMILES string of the molecule is O=C(COc1ccccc1)N1CCN(c2nc(C34CC5CC(CC(C5)C3)C4)nc3sc4c(c23)CCCC4)CC1. The first-order valence-corrected chi connectivity index (χ1v) is 16.0. The van der Waals surface area contributed by atoms with Crippen molar-refractivity contribution in [1.82, 2.24) is 14.9 Å². The third-order valence-corrected chi connectivity index (χ3v) is 11.5. The lowest BCUT2D eigenvalue weighted by atomic mass is 9.49. The van der Waals surface area contributed by atoms with E-state index in [1.165, 1.54) is 73.6 Å². The van der Waals surface area contributed by atoms with Gasteiger partial charge in [-0.2, -0.15) is 0 Å². The minimum Gasteiger partial charge on any atom is -0.484 e. The van der Waals surface area contributed by atoms with Gasteiger partial charge < -0.3 is 14.5 Å². The van der Waals surface area contributed by atoms with Crippen molar-refractivity contribution in [3.05, 3.63) is 46.6 Å². The van der Waals surface area contributed by atoms with Crippen LogP contribution in [0.3, 0.4) is 0 Å². The topological polar surface area (TPSA) is 58.6 Å². The summed E-state index contributed by atoms with van der Waals surface area (Å²) in [5, 5.41) is 1.33. The van der Waals surface area contributed by atoms with E-state index < -0.39 is 0 Å². The van der Waals surface area contributed by atoms with E-state index in [1.54, 1.807) is 4.88 Å². The molecule has 1 aromatic carbocycles. The molecule has 0 N–H and O–H groups in total. The zero-order valence-corrected chi connectivity index (χ0v) is 23.6. The number of aromatic nitrogens is 2. The van der Waals surface area contributed by atoms with Crippen LogP contribution < -0.4 is 9.64 Å². The van der Waals surface area contributed by atoms with Crippen LogP contribution in [0, 0.1) is 17.8 Å². The molecule has 0 atom stereocenters. The third-order valence-electron chi connectivity index (χ3n) is 10.3. The lowest BCUT2D eigenvalue weighted by Crippen LogP contribution is -2.51. The Morgan fingerprint density at radius 3 is 2.33 bits per heavy atom. The standard InChI is InChI=1S/C32H38N4O2S/c37-27(20-38-24-6-2-1-3-7-24)35-10-12-36(13-11-35)29-28-25-8-4-5-9-26(25)39-30(28)34-31(33-29)32-17-21-14-22(18-32)16-23(15-21)19-32/h1-3,6-7,21-23H,4-5,8-20H2. The summed E-state index contributed by atoms with van der Waals surface area (Å²) in [6, 6.07) is 9.62. The molecule has 4 bridgehead atoms. The molecule has 0 radical (unpaired) electrons. The van der Waals surface area contributed by atoms with Crippen molar-refractivity contribution in [3.63, 3.8) is 0 Å². The van der Waals surface area contributed by atoms with Gasteiger partial charge in [-0.1, -0.05) is 18.2 Å². The van der Waals surface area contributed by atoms with Crippen LogP contribution in [0.25, 0.3) is 10.2 Å². The van der Waals surface area contributed by atoms with Crippen molar-refractivity contribution in [2.24, 2.45) is 17.8 Å². The van der Waals surface area contributed by atoms with Crippen LogP contribution in [0.15, 0.2) is 30.3 Å². The highest BCUT2D eigenvalue weighted by Gasteiger charge is 2.53. The molecular formula is C32H38N4O2S. The fraction of sp³-hybridized carbons (Fsp3) is 0.594. The fourth-order valence-corrected chi connectivity index (χ4v) is 10.2. The van der Waals surface area contributed by atoms with Crippen molar-refractivity contribution in [2.75, 3.05) is 37.7 Å². The first-order chi connectivity index (χ1) is 19.1. The maximum absolute atomic E-state index is 12.9. The van der Waals surface area contributed by atoms with Crippen LogP contribution in [0.5, 0.6) is 5.75 Å². The molecule has 7 heteroatoms. The summed E-state index contributed by atoms with van der Waals surface area (Å²) >= 11 is 1.95. The Morgan fingerprint density at radius 2 is 1.62 bits per heavy atom. The number of carbonyl (C=O) groups excluding carboxylic acids is 1. The summed E-state index contributed by atoms with van der Waals surface area (Å²) in [4.78, 5) is 31.1. The Balaban J connectivity index is 1.08. The molecule has 6 nitrogen and oxygen atoms in total. The summed E-state index contributed by atoms with van der Waals surface area (Å²) < 4.78 is 5.75. The number of anilines is 1. The molecule has 6 aliphatic rings. The van der Waals surface area contributed by atoms with Crippen molar-refractivity contribution in [1.29, 1.82) is 0 Å². The third kappa shape index (κ3) is 4.23. The number of benzene rings is 1. The number of carbonyl (C=O) groups is 1. The number of fused-ring (bicyclic) bond motifs is 3. The molecule has 3 heterocycles. The van der Waals surface area contributed by atoms with E-state index in [1.807, 2.05) is 46.6 Å². The minimum absolute atomic E-state index is 0.0634. The van der Waals surface area contributed by atoms with Gasteiger partial charge in [0.05, 0.1) is 5.39 Å². The summed E-state index contributed by atoms with van der Waals surface area (Å²) in [5.74, 6) is 5.76. The van der Waals surface area contributed by atoms with Gasteiger partial charge in [-0.15, -0.1) is 11.3 Å². The molecule has 2 aromatic heterocycles. The molecule has 9 rings (SSSR count). The molecule has 5 fully saturated rings. The summed E-state index contributed by atoms with van der Waals surface area (Å²) in [6.45, 7) is 3.14. The first kappa shape index (κ1) is 24.2. The Hall–Kier alpha value is -2.67. The number of ether oxygens (including phenoxy) is 1. The van der Waals surface area contributed by atoms with Crippen molar-refractivity contribution >= 4 is 33.3 Å². The summed E-state index contributed by atoms with van der Waals surface area (Å²) in [6.07, 6.45) is 13.1. The second kappa shape index (κ2) is 9.46. The van der Waals surface area contributed by atoms with E-state index in [0.29, 0.717) is 13.1 Å². The Morgan fingerprint density at radius 1 is 0.923 bits per heavy atom. The monoisotopic (exact) mass is 542 g/mol. The quantitative estimate of drug-likeness (QED) is 0.410. The van der Waals surface area contributed by atoms with Gasteiger partial charge in [0.25, 0.3) is 5.91 Å². The summed E-state index contributed by atoms with van der Waals surface area (Å²) in [7, 11) is 0. The number of hydrogen-bond acceptors (Lipinski definition) is 6. The van der Waals surface area contributed by atoms with Crippen molar-refractivity contribution in [3.8, 4) is 5.75 Å². The summed E-state index contributed by atoms with van der Waals surface area (Å²) in [5.41, 5.74) is 1.71. The molecular weight excluding hydrogens is 504 g/mol. The molecule has 204 valence electrons. The predicted octanol–water partition coefficient (Wildman–Crippen LogP) is 5.77. The van der Waals surface area contributed by atoms with Crippen LogP contribution in [0.4, 0.5) is 5.82 Å². The fourth-order valence-electron chi connectivity index (χ4n) is 8.91. The van der Waals surface area contributed by atoms with E-state index in [0.717, 1.165) is 54.7 Å². The van der Waals surface area contributed by atoms with Crippen molar-refractivity contribution in [2.45, 2.75) is 69.6 Å². The number of thiophene rings is 1. The van der Waals surface area contributed by atoms with E-state index >= 15 is 0 Å². The number of amides is 1. The number of rotatable bonds is 5. The van der Waals surface area contributed by atoms with Gasteiger partial charge in [0.2, 0.25) is 0 Å². The molecule has 4 saturated carbocycles. The van der Waals surface area contributed by atoms with E-state index in [-0.39, 0.29) is 17.9 Å². The lowest BCUT2D eigenvalue weighted by Gasteiger charge is -2.56. The zero-order valence-electron chi connectivity index (χ0n) is 22.7. The Bertz CT molecular complexity index is 1360. The number of aryl methyl sites for hydroxylation is 2. The number of nitrogens with zero attached hydrogens (tertiary/aromatic N) is 4. The maximum atomic E-state index is 12.9. The Kier molecular flexibility index (Phi) is 5.86. The average Bonchev–Trinajstić information content (AvgIpc) is 3.34. The number of piperazine rings is 1. The van der Waals surface area contributed by atoms with E-state index in [2.05, 4.69) is 4.90 Å². The smallest absolute Gasteiger partial charge is 0.260 e. The number of para-hydroxylation sites is 1. The van der Waals surface area contributed by atoms with E-state index in [9.17, 15) is 4.79 Å². The first-order valence-electron chi connectivity index (χ1n) is 15.2. The highest BCUT2D eigenvalue weighted by molar-refractivity contribution is 7.19. The largest absolute Gasteiger partial charge is 0.484 e. The molecule has 1 saturated heterocycles. The van der Waals surface area contributed by atoms with Gasteiger partial charge in [-0.25, -0.2) is 9.97 Å². The molecule has 0 spiro atoms. The van der Waals surface area contributed by atoms with Crippen LogP contribution in [0.2, 0.25) is 0 Å². The second-order valence-electron chi connectivity index (χ2n) is 12.9. The van der Waals surface area contributed by atoms with Crippen molar-refractivity contribution < 1.29 is 9.53 Å². The average molecular weight is 543 g/mol.